The van der Waals surface area contributed by atoms with Crippen LogP contribution in [0.15, 0.2) is 29.2 Å². The van der Waals surface area contributed by atoms with E-state index < -0.39 is 0 Å². The van der Waals surface area contributed by atoms with Gasteiger partial charge in [-0.05, 0) is 63.3 Å². The van der Waals surface area contributed by atoms with Crippen molar-refractivity contribution in [2.45, 2.75) is 77.4 Å². The molecule has 1 aromatic carbocycles. The first-order valence-electron chi connectivity index (χ1n) is 11.3. The zero-order valence-corrected chi connectivity index (χ0v) is 18.0. The molecule has 0 aliphatic heterocycles. The molecule has 2 heterocycles. The van der Waals surface area contributed by atoms with E-state index in [2.05, 4.69) is 17.2 Å². The second kappa shape index (κ2) is 9.13. The van der Waals surface area contributed by atoms with E-state index in [-0.39, 0.29) is 17.7 Å². The van der Waals surface area contributed by atoms with Crippen LogP contribution in [0.2, 0.25) is 0 Å². The van der Waals surface area contributed by atoms with Crippen molar-refractivity contribution in [3.8, 4) is 0 Å². The zero-order chi connectivity index (χ0) is 21.1. The molecule has 2 aromatic heterocycles. The molecule has 0 radical (unpaired) electrons. The van der Waals surface area contributed by atoms with Crippen LogP contribution in [0.4, 0.5) is 5.95 Å². The van der Waals surface area contributed by atoms with Crippen molar-refractivity contribution < 1.29 is 5.11 Å². The van der Waals surface area contributed by atoms with Gasteiger partial charge in [0.1, 0.15) is 5.65 Å². The Hall–Kier alpha value is -2.47. The highest BCUT2D eigenvalue weighted by Crippen LogP contribution is 2.30. The summed E-state index contributed by atoms with van der Waals surface area (Å²) in [6.07, 6.45) is 8.99. The van der Waals surface area contributed by atoms with E-state index in [0.717, 1.165) is 85.3 Å². The predicted octanol–water partition coefficient (Wildman–Crippen LogP) is 4.72. The average Bonchev–Trinajstić information content (AvgIpc) is 2.72. The maximum absolute atomic E-state index is 13.7. The molecule has 6 heteroatoms. The highest BCUT2D eigenvalue weighted by atomic mass is 16.3. The summed E-state index contributed by atoms with van der Waals surface area (Å²) in [7, 11) is 0. The summed E-state index contributed by atoms with van der Waals surface area (Å²) in [4.78, 5) is 23.0. The molecule has 1 fully saturated rings. The number of unbranched alkanes of at least 4 members (excludes halogenated alkanes) is 1. The molecule has 2 N–H and O–H groups in total. The number of fused-ring (bicyclic) bond motifs is 3. The van der Waals surface area contributed by atoms with E-state index in [1.54, 1.807) is 0 Å². The summed E-state index contributed by atoms with van der Waals surface area (Å²) in [5, 5.41) is 15.9. The molecule has 1 aliphatic carbocycles. The fraction of sp³-hybridized carbons (Fsp3) is 0.542. The molecule has 0 atom stereocenters. The van der Waals surface area contributed by atoms with Gasteiger partial charge in [0.25, 0.3) is 5.56 Å². The van der Waals surface area contributed by atoms with Crippen molar-refractivity contribution in [2.24, 2.45) is 0 Å². The van der Waals surface area contributed by atoms with Gasteiger partial charge in [0.2, 0.25) is 5.95 Å². The first-order valence-corrected chi connectivity index (χ1v) is 11.3. The third-order valence-corrected chi connectivity index (χ3v) is 6.24. The van der Waals surface area contributed by atoms with Crippen molar-refractivity contribution in [1.82, 2.24) is 14.5 Å². The number of hydrogen-bond donors (Lipinski definition) is 2. The van der Waals surface area contributed by atoms with E-state index in [9.17, 15) is 9.90 Å². The fourth-order valence-corrected chi connectivity index (χ4v) is 4.57. The summed E-state index contributed by atoms with van der Waals surface area (Å²) < 4.78 is 1.92. The van der Waals surface area contributed by atoms with E-state index in [4.69, 9.17) is 4.98 Å². The number of aliphatic hydroxyl groups excluding tert-OH is 1. The minimum absolute atomic E-state index is 0.0329. The number of nitrogens with zero attached hydrogens (tertiary/aromatic N) is 3. The molecule has 1 saturated carbocycles. The summed E-state index contributed by atoms with van der Waals surface area (Å²) in [6.45, 7) is 4.99. The highest BCUT2D eigenvalue weighted by Gasteiger charge is 2.22. The lowest BCUT2D eigenvalue weighted by molar-refractivity contribution is 0.134. The maximum Gasteiger partial charge on any atom is 0.260 e. The van der Waals surface area contributed by atoms with Crippen LogP contribution in [0, 0.1) is 6.92 Å². The summed E-state index contributed by atoms with van der Waals surface area (Å²) in [5.74, 6) is 0.580. The third-order valence-electron chi connectivity index (χ3n) is 6.24. The third kappa shape index (κ3) is 4.19. The van der Waals surface area contributed by atoms with E-state index >= 15 is 0 Å². The minimum Gasteiger partial charge on any atom is -0.393 e. The number of aromatic nitrogens is 3. The van der Waals surface area contributed by atoms with Gasteiger partial charge in [-0.15, -0.1) is 0 Å². The lowest BCUT2D eigenvalue weighted by Gasteiger charge is -2.25. The molecule has 6 nitrogen and oxygen atoms in total. The monoisotopic (exact) mass is 408 g/mol. The van der Waals surface area contributed by atoms with Crippen LogP contribution in [-0.2, 0) is 0 Å². The van der Waals surface area contributed by atoms with E-state index in [1.807, 2.05) is 35.9 Å². The second-order valence-electron chi connectivity index (χ2n) is 8.60. The molecule has 1 aliphatic rings. The number of nitrogens with one attached hydrogen (secondary N) is 1. The topological polar surface area (TPSA) is 80.0 Å². The number of hydrogen-bond acceptors (Lipinski definition) is 5. The number of pyridine rings is 1. The number of aryl methyl sites for hydroxylation is 1. The summed E-state index contributed by atoms with van der Waals surface area (Å²) in [6, 6.07) is 6.13. The van der Waals surface area contributed by atoms with Gasteiger partial charge in [0.15, 0.2) is 0 Å². The molecule has 160 valence electrons. The van der Waals surface area contributed by atoms with Crippen LogP contribution in [0.3, 0.4) is 0 Å². The van der Waals surface area contributed by atoms with Gasteiger partial charge in [0.05, 0.1) is 6.10 Å². The summed E-state index contributed by atoms with van der Waals surface area (Å²) >= 11 is 0. The lowest BCUT2D eigenvalue weighted by atomic mass is 9.94. The van der Waals surface area contributed by atoms with Gasteiger partial charge in [-0.25, -0.2) is 4.98 Å². The minimum atomic E-state index is -0.213. The van der Waals surface area contributed by atoms with Crippen LogP contribution in [0.5, 0.6) is 0 Å². The van der Waals surface area contributed by atoms with Crippen LogP contribution in [0.25, 0.3) is 21.8 Å². The van der Waals surface area contributed by atoms with Gasteiger partial charge >= 0.3 is 0 Å². The van der Waals surface area contributed by atoms with Crippen molar-refractivity contribution in [1.29, 1.82) is 0 Å². The van der Waals surface area contributed by atoms with Gasteiger partial charge < -0.3 is 10.4 Å². The number of benzene rings is 1. The van der Waals surface area contributed by atoms with Gasteiger partial charge in [-0.1, -0.05) is 31.0 Å². The van der Waals surface area contributed by atoms with Gasteiger partial charge in [-0.2, -0.15) is 4.98 Å². The Kier molecular flexibility index (Phi) is 6.32. The Labute approximate surface area is 177 Å². The number of rotatable bonds is 5. The highest BCUT2D eigenvalue weighted by molar-refractivity contribution is 6.04. The molecule has 0 bridgehead atoms. The Bertz CT molecular complexity index is 1080. The maximum atomic E-state index is 13.7. The van der Waals surface area contributed by atoms with Crippen molar-refractivity contribution in [3.05, 3.63) is 40.3 Å². The van der Waals surface area contributed by atoms with E-state index in [1.165, 1.54) is 0 Å². The number of anilines is 1. The van der Waals surface area contributed by atoms with Crippen LogP contribution < -0.4 is 10.9 Å². The largest absolute Gasteiger partial charge is 0.393 e. The Balaban J connectivity index is 1.88. The molecule has 0 amide bonds. The van der Waals surface area contributed by atoms with E-state index in [0.29, 0.717) is 5.95 Å². The zero-order valence-electron chi connectivity index (χ0n) is 18.0. The number of aliphatic hydroxyl groups is 1. The molecular formula is C24H32N4O2. The first kappa shape index (κ1) is 20.8. The molecule has 0 spiro atoms. The SMILES string of the molecule is CCCCNc1ncc2c3ccc(C)cc3c(=O)n(C3CCCC(O)CCC3)c2n1. The smallest absolute Gasteiger partial charge is 0.260 e. The van der Waals surface area contributed by atoms with Gasteiger partial charge in [0, 0.05) is 29.6 Å². The summed E-state index contributed by atoms with van der Waals surface area (Å²) in [5.41, 5.74) is 1.83. The van der Waals surface area contributed by atoms with Crippen molar-refractivity contribution in [2.75, 3.05) is 11.9 Å². The Morgan fingerprint density at radius 3 is 2.63 bits per heavy atom. The van der Waals surface area contributed by atoms with Crippen LogP contribution in [0.1, 0.15) is 69.9 Å². The van der Waals surface area contributed by atoms with Crippen LogP contribution >= 0.6 is 0 Å². The fourth-order valence-electron chi connectivity index (χ4n) is 4.57. The molecule has 3 aromatic rings. The Morgan fingerprint density at radius 1 is 1.13 bits per heavy atom. The van der Waals surface area contributed by atoms with Gasteiger partial charge in [-0.3, -0.25) is 9.36 Å². The quantitative estimate of drug-likeness (QED) is 0.472. The standard InChI is InChI=1S/C24H32N4O2/c1-3-4-13-25-24-26-15-21-19-12-11-16(2)14-20(19)23(30)28(22(21)27-24)17-7-5-9-18(29)10-6-8-17/h11-12,14-15,17-18,29H,3-10,13H2,1-2H3,(H,25,26,27). The predicted molar refractivity (Wildman–Crippen MR) is 122 cm³/mol. The average molecular weight is 409 g/mol. The molecule has 4 rings (SSSR count). The molecule has 0 saturated heterocycles. The lowest BCUT2D eigenvalue weighted by Crippen LogP contribution is -2.28. The van der Waals surface area contributed by atoms with Crippen molar-refractivity contribution >= 4 is 27.8 Å². The second-order valence-corrected chi connectivity index (χ2v) is 8.60. The molecular weight excluding hydrogens is 376 g/mol. The molecule has 0 unspecified atom stereocenters. The normalized spacial score (nSPS) is 20.2. The Morgan fingerprint density at radius 2 is 1.90 bits per heavy atom. The van der Waals surface area contributed by atoms with Crippen LogP contribution in [-0.4, -0.2) is 32.3 Å². The van der Waals surface area contributed by atoms with Crippen molar-refractivity contribution in [3.63, 3.8) is 0 Å². The molecule has 30 heavy (non-hydrogen) atoms. The first-order chi connectivity index (χ1) is 14.6.